The van der Waals surface area contributed by atoms with Crippen LogP contribution in [-0.2, 0) is 10.2 Å². The van der Waals surface area contributed by atoms with Crippen molar-refractivity contribution in [3.8, 4) is 0 Å². The van der Waals surface area contributed by atoms with Crippen molar-refractivity contribution in [3.05, 3.63) is 59.7 Å². The van der Waals surface area contributed by atoms with Gasteiger partial charge in [-0.3, -0.25) is 14.6 Å². The zero-order chi connectivity index (χ0) is 20.3. The standard InChI is InChI=1S/C23H26FN3O2/c24-17-8-10-19(11-9-17)27-22(29)23(13-4-14-23)16-7-12-20(25-15-16)21(28)26-18-5-2-1-3-6-18/h7-12,15,18H,1-6,13-14H2,(H,26,28)(H,27,29). The number of amides is 2. The molecule has 2 fully saturated rings. The van der Waals surface area contributed by atoms with Crippen molar-refractivity contribution in [1.29, 1.82) is 0 Å². The zero-order valence-electron chi connectivity index (χ0n) is 16.4. The Bertz CT molecular complexity index is 870. The number of halogens is 1. The molecular formula is C23H26FN3O2. The summed E-state index contributed by atoms with van der Waals surface area (Å²) in [6.07, 6.45) is 9.67. The SMILES string of the molecule is O=C(NC1CCCCC1)c1ccc(C2(C(=O)Nc3ccc(F)cc3)CCC2)cn1. The second-order valence-electron chi connectivity index (χ2n) is 8.14. The number of pyridine rings is 1. The van der Waals surface area contributed by atoms with Crippen LogP contribution in [-0.4, -0.2) is 22.8 Å². The highest BCUT2D eigenvalue weighted by Crippen LogP contribution is 2.44. The van der Waals surface area contributed by atoms with E-state index in [4.69, 9.17) is 0 Å². The van der Waals surface area contributed by atoms with Gasteiger partial charge in [0.2, 0.25) is 5.91 Å². The number of carbonyl (C=O) groups is 2. The van der Waals surface area contributed by atoms with E-state index in [1.807, 2.05) is 6.07 Å². The normalized spacial score (nSPS) is 18.5. The minimum atomic E-state index is -0.639. The predicted molar refractivity (Wildman–Crippen MR) is 109 cm³/mol. The molecule has 0 spiro atoms. The van der Waals surface area contributed by atoms with Crippen molar-refractivity contribution in [1.82, 2.24) is 10.3 Å². The summed E-state index contributed by atoms with van der Waals surface area (Å²) in [7, 11) is 0. The second kappa shape index (κ2) is 8.31. The third-order valence-electron chi connectivity index (χ3n) is 6.23. The summed E-state index contributed by atoms with van der Waals surface area (Å²) in [5.74, 6) is -0.605. The molecule has 29 heavy (non-hydrogen) atoms. The third kappa shape index (κ3) is 4.16. The van der Waals surface area contributed by atoms with E-state index in [0.29, 0.717) is 11.4 Å². The van der Waals surface area contributed by atoms with Crippen LogP contribution in [0.3, 0.4) is 0 Å². The second-order valence-corrected chi connectivity index (χ2v) is 8.14. The molecule has 0 bridgehead atoms. The molecule has 2 aromatic rings. The molecule has 2 saturated carbocycles. The van der Waals surface area contributed by atoms with Gasteiger partial charge >= 0.3 is 0 Å². The Morgan fingerprint density at radius 3 is 2.28 bits per heavy atom. The molecular weight excluding hydrogens is 369 g/mol. The number of hydrogen-bond donors (Lipinski definition) is 2. The molecule has 0 unspecified atom stereocenters. The molecule has 0 atom stereocenters. The molecule has 2 amide bonds. The maximum atomic E-state index is 13.1. The highest BCUT2D eigenvalue weighted by molar-refractivity contribution is 6.00. The fourth-order valence-corrected chi connectivity index (χ4v) is 4.28. The average Bonchev–Trinajstić information content (AvgIpc) is 2.70. The number of carbonyl (C=O) groups excluding carboxylic acids is 2. The number of nitrogens with one attached hydrogen (secondary N) is 2. The molecule has 0 saturated heterocycles. The summed E-state index contributed by atoms with van der Waals surface area (Å²) in [6.45, 7) is 0. The zero-order valence-corrected chi connectivity index (χ0v) is 16.4. The summed E-state index contributed by atoms with van der Waals surface area (Å²) in [5, 5.41) is 5.96. The highest BCUT2D eigenvalue weighted by Gasteiger charge is 2.46. The first-order valence-electron chi connectivity index (χ1n) is 10.4. The average molecular weight is 395 g/mol. The van der Waals surface area contributed by atoms with E-state index in [1.165, 1.54) is 18.6 Å². The first kappa shape index (κ1) is 19.6. The Hall–Kier alpha value is -2.76. The van der Waals surface area contributed by atoms with Crippen LogP contribution in [0.5, 0.6) is 0 Å². The number of hydrogen-bond acceptors (Lipinski definition) is 3. The molecule has 0 aliphatic heterocycles. The molecule has 0 radical (unpaired) electrons. The maximum Gasteiger partial charge on any atom is 0.270 e. The van der Waals surface area contributed by atoms with Gasteiger partial charge in [-0.05, 0) is 61.6 Å². The third-order valence-corrected chi connectivity index (χ3v) is 6.23. The van der Waals surface area contributed by atoms with Gasteiger partial charge in [0.25, 0.3) is 5.91 Å². The lowest BCUT2D eigenvalue weighted by atomic mass is 9.64. The topological polar surface area (TPSA) is 71.1 Å². The van der Waals surface area contributed by atoms with E-state index < -0.39 is 5.41 Å². The van der Waals surface area contributed by atoms with E-state index in [9.17, 15) is 14.0 Å². The fraction of sp³-hybridized carbons (Fsp3) is 0.435. The molecule has 2 aliphatic rings. The number of benzene rings is 1. The Morgan fingerprint density at radius 1 is 0.966 bits per heavy atom. The van der Waals surface area contributed by atoms with E-state index in [-0.39, 0.29) is 23.7 Å². The molecule has 152 valence electrons. The van der Waals surface area contributed by atoms with E-state index in [2.05, 4.69) is 15.6 Å². The van der Waals surface area contributed by atoms with Crippen molar-refractivity contribution < 1.29 is 14.0 Å². The largest absolute Gasteiger partial charge is 0.348 e. The van der Waals surface area contributed by atoms with E-state index in [0.717, 1.165) is 50.5 Å². The lowest BCUT2D eigenvalue weighted by Crippen LogP contribution is -2.46. The lowest BCUT2D eigenvalue weighted by Gasteiger charge is -2.40. The van der Waals surface area contributed by atoms with Crippen LogP contribution in [0.25, 0.3) is 0 Å². The van der Waals surface area contributed by atoms with Gasteiger partial charge in [-0.25, -0.2) is 4.39 Å². The molecule has 1 heterocycles. The molecule has 1 aromatic carbocycles. The van der Waals surface area contributed by atoms with Gasteiger partial charge in [0, 0.05) is 17.9 Å². The smallest absolute Gasteiger partial charge is 0.270 e. The summed E-state index contributed by atoms with van der Waals surface area (Å²) in [6, 6.07) is 9.53. The van der Waals surface area contributed by atoms with Crippen LogP contribution < -0.4 is 10.6 Å². The molecule has 1 aromatic heterocycles. The molecule has 2 N–H and O–H groups in total. The Labute approximate surface area is 170 Å². The highest BCUT2D eigenvalue weighted by atomic mass is 19.1. The molecule has 6 heteroatoms. The monoisotopic (exact) mass is 395 g/mol. The summed E-state index contributed by atoms with van der Waals surface area (Å²) < 4.78 is 13.1. The lowest BCUT2D eigenvalue weighted by molar-refractivity contribution is -0.124. The Balaban J connectivity index is 1.45. The molecule has 5 nitrogen and oxygen atoms in total. The van der Waals surface area contributed by atoms with Crippen molar-refractivity contribution >= 4 is 17.5 Å². The summed E-state index contributed by atoms with van der Waals surface area (Å²) in [4.78, 5) is 29.8. The molecule has 2 aliphatic carbocycles. The predicted octanol–water partition coefficient (Wildman–Crippen LogP) is 4.34. The van der Waals surface area contributed by atoms with Crippen molar-refractivity contribution in [2.24, 2.45) is 0 Å². The fourth-order valence-electron chi connectivity index (χ4n) is 4.28. The summed E-state index contributed by atoms with van der Waals surface area (Å²) in [5.41, 5.74) is 1.13. The Kier molecular flexibility index (Phi) is 5.60. The van der Waals surface area contributed by atoms with Gasteiger partial charge in [0.1, 0.15) is 11.5 Å². The van der Waals surface area contributed by atoms with E-state index >= 15 is 0 Å². The Morgan fingerprint density at radius 2 is 1.69 bits per heavy atom. The van der Waals surface area contributed by atoms with Crippen LogP contribution in [0.15, 0.2) is 42.6 Å². The van der Waals surface area contributed by atoms with Crippen LogP contribution in [0.4, 0.5) is 10.1 Å². The van der Waals surface area contributed by atoms with Crippen molar-refractivity contribution in [3.63, 3.8) is 0 Å². The quantitative estimate of drug-likeness (QED) is 0.791. The number of rotatable bonds is 5. The van der Waals surface area contributed by atoms with Crippen molar-refractivity contribution in [2.45, 2.75) is 62.8 Å². The van der Waals surface area contributed by atoms with Gasteiger partial charge < -0.3 is 10.6 Å². The minimum Gasteiger partial charge on any atom is -0.348 e. The summed E-state index contributed by atoms with van der Waals surface area (Å²) >= 11 is 0. The molecule has 4 rings (SSSR count). The van der Waals surface area contributed by atoms with Crippen LogP contribution >= 0.6 is 0 Å². The number of aromatic nitrogens is 1. The van der Waals surface area contributed by atoms with Gasteiger partial charge in [-0.1, -0.05) is 31.7 Å². The maximum absolute atomic E-state index is 13.1. The number of anilines is 1. The van der Waals surface area contributed by atoms with Crippen LogP contribution in [0, 0.1) is 5.82 Å². The van der Waals surface area contributed by atoms with Crippen LogP contribution in [0.2, 0.25) is 0 Å². The van der Waals surface area contributed by atoms with Gasteiger partial charge in [-0.2, -0.15) is 0 Å². The first-order chi connectivity index (χ1) is 14.1. The van der Waals surface area contributed by atoms with Crippen molar-refractivity contribution in [2.75, 3.05) is 5.32 Å². The number of nitrogens with zero attached hydrogens (tertiary/aromatic N) is 1. The van der Waals surface area contributed by atoms with Gasteiger partial charge in [0.15, 0.2) is 0 Å². The first-order valence-corrected chi connectivity index (χ1v) is 10.4. The van der Waals surface area contributed by atoms with E-state index in [1.54, 1.807) is 24.4 Å². The minimum absolute atomic E-state index is 0.114. The van der Waals surface area contributed by atoms with Gasteiger partial charge in [-0.15, -0.1) is 0 Å². The van der Waals surface area contributed by atoms with Gasteiger partial charge in [0.05, 0.1) is 5.41 Å². The van der Waals surface area contributed by atoms with Crippen LogP contribution in [0.1, 0.15) is 67.4 Å².